The second-order valence-electron chi connectivity index (χ2n) is 4.36. The molecule has 0 aliphatic heterocycles. The van der Waals surface area contributed by atoms with Crippen LogP contribution in [0.25, 0.3) is 0 Å². The highest BCUT2D eigenvalue weighted by Crippen LogP contribution is 2.16. The Balaban J connectivity index is 3.13. The third-order valence-corrected chi connectivity index (χ3v) is 4.76. The maximum atomic E-state index is 12.2. The number of carbonyl (C=O) groups is 1. The number of carboxylic acids is 1. The zero-order chi connectivity index (χ0) is 14.8. The van der Waals surface area contributed by atoms with E-state index in [1.165, 1.54) is 20.2 Å². The van der Waals surface area contributed by atoms with Crippen molar-refractivity contribution in [2.45, 2.75) is 44.8 Å². The van der Waals surface area contributed by atoms with Crippen LogP contribution in [0.3, 0.4) is 0 Å². The van der Waals surface area contributed by atoms with Crippen LogP contribution in [0.15, 0.2) is 11.2 Å². The molecule has 1 aromatic rings. The largest absolute Gasteiger partial charge is 0.480 e. The lowest BCUT2D eigenvalue weighted by molar-refractivity contribution is -0.140. The average Bonchev–Trinajstić information content (AvgIpc) is 2.70. The Kier molecular flexibility index (Phi) is 4.70. The molecular formula is C11H19N3O4S. The summed E-state index contributed by atoms with van der Waals surface area (Å²) in [6, 6.07) is -1.14. The average molecular weight is 289 g/mol. The quantitative estimate of drug-likeness (QED) is 0.832. The second-order valence-corrected chi connectivity index (χ2v) is 6.30. The Bertz CT molecular complexity index is 564. The minimum absolute atomic E-state index is 0.117. The molecule has 0 aromatic carbocycles. The first kappa shape index (κ1) is 15.6. The first-order valence-electron chi connectivity index (χ1n) is 5.96. The van der Waals surface area contributed by atoms with Crippen molar-refractivity contribution in [2.75, 3.05) is 7.05 Å². The fourth-order valence-electron chi connectivity index (χ4n) is 1.58. The smallest absolute Gasteiger partial charge is 0.321 e. The number of nitrogens with zero attached hydrogens (tertiary/aromatic N) is 3. The molecule has 0 aliphatic rings. The van der Waals surface area contributed by atoms with E-state index in [1.807, 2.05) is 6.92 Å². The predicted molar refractivity (Wildman–Crippen MR) is 69.3 cm³/mol. The number of aryl methyl sites for hydroxylation is 2. The van der Waals surface area contributed by atoms with Crippen molar-refractivity contribution >= 4 is 16.0 Å². The number of rotatable bonds is 6. The molecule has 1 atom stereocenters. The van der Waals surface area contributed by atoms with Crippen molar-refractivity contribution in [3.8, 4) is 0 Å². The molecule has 1 N–H and O–H groups in total. The maximum absolute atomic E-state index is 12.2. The van der Waals surface area contributed by atoms with Crippen LogP contribution in [0.4, 0.5) is 0 Å². The van der Waals surface area contributed by atoms with E-state index in [-0.39, 0.29) is 5.03 Å². The zero-order valence-corrected chi connectivity index (χ0v) is 12.3. The summed E-state index contributed by atoms with van der Waals surface area (Å²) in [6.07, 6.45) is 2.30. The van der Waals surface area contributed by atoms with Gasteiger partial charge < -0.3 is 9.67 Å². The molecule has 1 rings (SSSR count). The first-order chi connectivity index (χ1) is 8.71. The molecule has 7 nitrogen and oxygen atoms in total. The SMILES string of the molecule is CCCn1cc(S(=O)(=O)N(C)C(C)C(=O)O)nc1C. The predicted octanol–water partition coefficient (Wildman–Crippen LogP) is 0.695. The molecular weight excluding hydrogens is 270 g/mol. The molecule has 1 aromatic heterocycles. The van der Waals surface area contributed by atoms with Crippen LogP contribution in [-0.2, 0) is 21.4 Å². The van der Waals surface area contributed by atoms with Gasteiger partial charge in [-0.2, -0.15) is 4.31 Å². The zero-order valence-electron chi connectivity index (χ0n) is 11.5. The van der Waals surface area contributed by atoms with Crippen LogP contribution in [0.5, 0.6) is 0 Å². The van der Waals surface area contributed by atoms with E-state index >= 15 is 0 Å². The van der Waals surface area contributed by atoms with Crippen molar-refractivity contribution in [1.29, 1.82) is 0 Å². The topological polar surface area (TPSA) is 92.5 Å². The number of aromatic nitrogens is 2. The summed E-state index contributed by atoms with van der Waals surface area (Å²) in [7, 11) is -2.64. The molecule has 19 heavy (non-hydrogen) atoms. The van der Waals surface area contributed by atoms with Crippen LogP contribution in [0.1, 0.15) is 26.1 Å². The van der Waals surface area contributed by atoms with E-state index in [2.05, 4.69) is 4.98 Å². The summed E-state index contributed by atoms with van der Waals surface area (Å²) < 4.78 is 27.0. The lowest BCUT2D eigenvalue weighted by Crippen LogP contribution is -2.40. The van der Waals surface area contributed by atoms with Crippen molar-refractivity contribution in [3.05, 3.63) is 12.0 Å². The summed E-state index contributed by atoms with van der Waals surface area (Å²) in [4.78, 5) is 14.9. The minimum Gasteiger partial charge on any atom is -0.480 e. The maximum Gasteiger partial charge on any atom is 0.321 e. The monoisotopic (exact) mass is 289 g/mol. The Morgan fingerprint density at radius 3 is 2.63 bits per heavy atom. The number of sulfonamides is 1. The standard InChI is InChI=1S/C11H19N3O4S/c1-5-6-14-7-10(12-9(14)3)19(17,18)13(4)8(2)11(15)16/h7-8H,5-6H2,1-4H3,(H,15,16). The number of aliphatic carboxylic acids is 1. The fourth-order valence-corrected chi connectivity index (χ4v) is 2.89. The van der Waals surface area contributed by atoms with Gasteiger partial charge in [0.15, 0.2) is 5.03 Å². The molecule has 0 fully saturated rings. The lowest BCUT2D eigenvalue weighted by Gasteiger charge is -2.19. The van der Waals surface area contributed by atoms with Gasteiger partial charge in [0.05, 0.1) is 0 Å². The normalized spacial score (nSPS) is 13.7. The highest BCUT2D eigenvalue weighted by molar-refractivity contribution is 7.89. The molecule has 1 heterocycles. The molecule has 108 valence electrons. The van der Waals surface area contributed by atoms with Crippen molar-refractivity contribution in [2.24, 2.45) is 0 Å². The van der Waals surface area contributed by atoms with E-state index < -0.39 is 22.0 Å². The van der Waals surface area contributed by atoms with E-state index in [0.29, 0.717) is 12.4 Å². The van der Waals surface area contributed by atoms with Crippen LogP contribution in [-0.4, -0.2) is 46.4 Å². The van der Waals surface area contributed by atoms with Crippen LogP contribution < -0.4 is 0 Å². The minimum atomic E-state index is -3.88. The van der Waals surface area contributed by atoms with E-state index in [1.54, 1.807) is 11.5 Å². The van der Waals surface area contributed by atoms with Crippen molar-refractivity contribution in [1.82, 2.24) is 13.9 Å². The highest BCUT2D eigenvalue weighted by Gasteiger charge is 2.31. The van der Waals surface area contributed by atoms with E-state index in [0.717, 1.165) is 10.7 Å². The Morgan fingerprint density at radius 2 is 2.16 bits per heavy atom. The number of likely N-dealkylation sites (N-methyl/N-ethyl adjacent to an activating group) is 1. The van der Waals surface area contributed by atoms with Gasteiger partial charge in [0.1, 0.15) is 11.9 Å². The highest BCUT2D eigenvalue weighted by atomic mass is 32.2. The van der Waals surface area contributed by atoms with Crippen LogP contribution >= 0.6 is 0 Å². The summed E-state index contributed by atoms with van der Waals surface area (Å²) in [6.45, 7) is 5.68. The summed E-state index contributed by atoms with van der Waals surface area (Å²) in [5.41, 5.74) is 0. The van der Waals surface area contributed by atoms with Gasteiger partial charge in [-0.15, -0.1) is 0 Å². The summed E-state index contributed by atoms with van der Waals surface area (Å²) in [5, 5.41) is 8.76. The molecule has 0 aliphatic carbocycles. The number of hydrogen-bond donors (Lipinski definition) is 1. The van der Waals surface area contributed by atoms with Gasteiger partial charge in [0.2, 0.25) is 0 Å². The van der Waals surface area contributed by atoms with Crippen molar-refractivity contribution < 1.29 is 18.3 Å². The number of imidazole rings is 1. The molecule has 1 unspecified atom stereocenters. The van der Waals surface area contributed by atoms with Crippen molar-refractivity contribution in [3.63, 3.8) is 0 Å². The fraction of sp³-hybridized carbons (Fsp3) is 0.636. The summed E-state index contributed by atoms with van der Waals surface area (Å²) in [5.74, 6) is -0.604. The summed E-state index contributed by atoms with van der Waals surface area (Å²) >= 11 is 0. The van der Waals surface area contributed by atoms with Gasteiger partial charge in [-0.05, 0) is 20.3 Å². The van der Waals surface area contributed by atoms with Gasteiger partial charge in [-0.3, -0.25) is 4.79 Å². The van der Waals surface area contributed by atoms with Crippen LogP contribution in [0.2, 0.25) is 0 Å². The second kappa shape index (κ2) is 5.70. The Labute approximate surface area is 112 Å². The van der Waals surface area contributed by atoms with Crippen LogP contribution in [0, 0.1) is 6.92 Å². The third-order valence-electron chi connectivity index (χ3n) is 2.96. The van der Waals surface area contributed by atoms with E-state index in [4.69, 9.17) is 5.11 Å². The Hall–Kier alpha value is -1.41. The molecule has 0 amide bonds. The van der Waals surface area contributed by atoms with Gasteiger partial charge in [-0.1, -0.05) is 6.92 Å². The lowest BCUT2D eigenvalue weighted by atomic mass is 10.4. The van der Waals surface area contributed by atoms with Gasteiger partial charge in [0, 0.05) is 19.8 Å². The van der Waals surface area contributed by atoms with Gasteiger partial charge >= 0.3 is 5.97 Å². The van der Waals surface area contributed by atoms with Gasteiger partial charge in [-0.25, -0.2) is 13.4 Å². The molecule has 0 radical (unpaired) electrons. The van der Waals surface area contributed by atoms with Gasteiger partial charge in [0.25, 0.3) is 10.0 Å². The molecule has 8 heteroatoms. The number of carboxylic acid groups (broad SMARTS) is 1. The molecule has 0 bridgehead atoms. The first-order valence-corrected chi connectivity index (χ1v) is 7.40. The molecule has 0 spiro atoms. The number of hydrogen-bond acceptors (Lipinski definition) is 4. The Morgan fingerprint density at radius 1 is 1.58 bits per heavy atom. The molecule has 0 saturated heterocycles. The molecule has 0 saturated carbocycles. The van der Waals surface area contributed by atoms with E-state index in [9.17, 15) is 13.2 Å². The third kappa shape index (κ3) is 3.13.